The number of fused-ring (bicyclic) bond motifs is 2. The average Bonchev–Trinajstić information content (AvgIpc) is 2.61. The van der Waals surface area contributed by atoms with Crippen LogP contribution in [-0.2, 0) is 0 Å². The molecule has 1 heterocycles. The van der Waals surface area contributed by atoms with Crippen LogP contribution >= 0.6 is 0 Å². The highest BCUT2D eigenvalue weighted by atomic mass is 16.3. The molecule has 4 heteroatoms. The van der Waals surface area contributed by atoms with Gasteiger partial charge in [0.15, 0.2) is 5.78 Å². The van der Waals surface area contributed by atoms with Gasteiger partial charge in [-0.15, -0.1) is 0 Å². The highest BCUT2D eigenvalue weighted by Gasteiger charge is 2.22. The molecule has 4 rings (SSSR count). The first-order valence-corrected chi connectivity index (χ1v) is 8.27. The lowest BCUT2D eigenvalue weighted by Gasteiger charge is -2.11. The van der Waals surface area contributed by atoms with Crippen molar-refractivity contribution < 1.29 is 14.3 Å². The van der Waals surface area contributed by atoms with E-state index in [1.807, 2.05) is 19.1 Å². The van der Waals surface area contributed by atoms with Crippen LogP contribution in [0.4, 0.5) is 0 Å². The monoisotopic (exact) mass is 344 g/mol. The molecule has 1 aromatic heterocycles. The van der Waals surface area contributed by atoms with Crippen molar-refractivity contribution in [3.8, 4) is 5.75 Å². The predicted octanol–water partition coefficient (Wildman–Crippen LogP) is 4.50. The first-order chi connectivity index (χ1) is 12.5. The van der Waals surface area contributed by atoms with Crippen molar-refractivity contribution in [3.63, 3.8) is 0 Å². The fourth-order valence-corrected chi connectivity index (χ4v) is 3.24. The Labute approximate surface area is 149 Å². The van der Waals surface area contributed by atoms with Crippen molar-refractivity contribution in [1.29, 1.82) is 0 Å². The number of rotatable bonds is 2. The number of hydrogen-bond acceptors (Lipinski definition) is 4. The summed E-state index contributed by atoms with van der Waals surface area (Å²) in [4.78, 5) is 25.8. The summed E-state index contributed by atoms with van der Waals surface area (Å²) in [5.74, 6) is -0.656. The second-order valence-electron chi connectivity index (χ2n) is 6.42. The number of carbonyl (C=O) groups excluding carboxylic acids is 1. The number of phenols is 1. The van der Waals surface area contributed by atoms with Crippen LogP contribution in [0.1, 0.15) is 27.0 Å². The summed E-state index contributed by atoms with van der Waals surface area (Å²) >= 11 is 0. The van der Waals surface area contributed by atoms with Crippen molar-refractivity contribution in [1.82, 2.24) is 0 Å². The lowest BCUT2D eigenvalue weighted by Crippen LogP contribution is -2.09. The molecule has 4 nitrogen and oxygen atoms in total. The van der Waals surface area contributed by atoms with Gasteiger partial charge in [-0.3, -0.25) is 9.59 Å². The van der Waals surface area contributed by atoms with E-state index in [2.05, 4.69) is 0 Å². The van der Waals surface area contributed by atoms with Gasteiger partial charge in [0.25, 0.3) is 0 Å². The van der Waals surface area contributed by atoms with Gasteiger partial charge in [-0.05, 0) is 43.2 Å². The summed E-state index contributed by atoms with van der Waals surface area (Å²) in [5.41, 5.74) is 2.49. The Kier molecular flexibility index (Phi) is 3.62. The zero-order chi connectivity index (χ0) is 18.4. The average molecular weight is 344 g/mol. The fourth-order valence-electron chi connectivity index (χ4n) is 3.24. The summed E-state index contributed by atoms with van der Waals surface area (Å²) in [6.45, 7) is 3.63. The van der Waals surface area contributed by atoms with Gasteiger partial charge in [-0.25, -0.2) is 0 Å². The quantitative estimate of drug-likeness (QED) is 0.429. The number of aryl methyl sites for hydroxylation is 2. The van der Waals surface area contributed by atoms with Crippen LogP contribution in [0.25, 0.3) is 21.9 Å². The molecule has 0 bridgehead atoms. The molecule has 0 saturated heterocycles. The van der Waals surface area contributed by atoms with Crippen molar-refractivity contribution in [2.24, 2.45) is 0 Å². The molecule has 0 aliphatic carbocycles. The van der Waals surface area contributed by atoms with Gasteiger partial charge >= 0.3 is 0 Å². The Balaban J connectivity index is 2.07. The molecule has 0 amide bonds. The van der Waals surface area contributed by atoms with E-state index >= 15 is 0 Å². The zero-order valence-electron chi connectivity index (χ0n) is 14.4. The summed E-state index contributed by atoms with van der Waals surface area (Å²) in [6, 6.07) is 15.6. The van der Waals surface area contributed by atoms with E-state index in [-0.39, 0.29) is 33.5 Å². The van der Waals surface area contributed by atoms with Gasteiger partial charge in [0.2, 0.25) is 5.43 Å². The highest BCUT2D eigenvalue weighted by molar-refractivity contribution is 6.14. The van der Waals surface area contributed by atoms with Crippen molar-refractivity contribution >= 4 is 27.7 Å². The van der Waals surface area contributed by atoms with Gasteiger partial charge < -0.3 is 9.52 Å². The molecule has 128 valence electrons. The van der Waals surface area contributed by atoms with Crippen LogP contribution in [-0.4, -0.2) is 10.9 Å². The van der Waals surface area contributed by atoms with E-state index in [1.165, 1.54) is 0 Å². The molecule has 0 atom stereocenters. The molecule has 0 spiro atoms. The van der Waals surface area contributed by atoms with Crippen molar-refractivity contribution in [3.05, 3.63) is 87.1 Å². The Morgan fingerprint density at radius 1 is 0.962 bits per heavy atom. The molecule has 26 heavy (non-hydrogen) atoms. The second kappa shape index (κ2) is 5.85. The number of hydrogen-bond donors (Lipinski definition) is 1. The van der Waals surface area contributed by atoms with E-state index in [0.29, 0.717) is 22.1 Å². The van der Waals surface area contributed by atoms with Gasteiger partial charge in [-0.2, -0.15) is 0 Å². The molecular formula is C22H16O4. The summed E-state index contributed by atoms with van der Waals surface area (Å²) in [7, 11) is 0. The molecule has 1 N–H and O–H groups in total. The van der Waals surface area contributed by atoms with Gasteiger partial charge in [0, 0.05) is 5.56 Å². The molecule has 0 saturated carbocycles. The SMILES string of the molecule is Cc1ccc2c(=O)c3c(O)c(C(=O)c4ccccc4)c(C)cc3oc2c1. The third kappa shape index (κ3) is 2.39. The maximum atomic E-state index is 12.9. The van der Waals surface area contributed by atoms with Crippen LogP contribution in [0.2, 0.25) is 0 Å². The number of phenolic OH excluding ortho intramolecular Hbond substituents is 1. The molecule has 0 unspecified atom stereocenters. The Morgan fingerprint density at radius 3 is 2.42 bits per heavy atom. The number of ketones is 1. The predicted molar refractivity (Wildman–Crippen MR) is 101 cm³/mol. The highest BCUT2D eigenvalue weighted by Crippen LogP contribution is 2.33. The Bertz CT molecular complexity index is 1230. The Hall–Kier alpha value is -3.40. The van der Waals surface area contributed by atoms with E-state index in [4.69, 9.17) is 4.42 Å². The van der Waals surface area contributed by atoms with E-state index < -0.39 is 0 Å². The number of carbonyl (C=O) groups is 1. The van der Waals surface area contributed by atoms with Crippen LogP contribution in [0.15, 0.2) is 63.8 Å². The minimum Gasteiger partial charge on any atom is -0.506 e. The van der Waals surface area contributed by atoms with E-state index in [1.54, 1.807) is 49.4 Å². The van der Waals surface area contributed by atoms with Crippen molar-refractivity contribution in [2.45, 2.75) is 13.8 Å². The minimum absolute atomic E-state index is 0.0336. The molecule has 0 radical (unpaired) electrons. The van der Waals surface area contributed by atoms with Crippen LogP contribution in [0.3, 0.4) is 0 Å². The summed E-state index contributed by atoms with van der Waals surface area (Å²) in [5, 5.41) is 11.2. The third-order valence-electron chi connectivity index (χ3n) is 4.55. The van der Waals surface area contributed by atoms with E-state index in [9.17, 15) is 14.7 Å². The first kappa shape index (κ1) is 16.1. The normalized spacial score (nSPS) is 11.2. The smallest absolute Gasteiger partial charge is 0.204 e. The molecule has 0 aliphatic rings. The van der Waals surface area contributed by atoms with Crippen molar-refractivity contribution in [2.75, 3.05) is 0 Å². The topological polar surface area (TPSA) is 67.5 Å². The molecule has 0 aliphatic heterocycles. The maximum Gasteiger partial charge on any atom is 0.204 e. The molecule has 4 aromatic rings. The minimum atomic E-state index is -0.346. The largest absolute Gasteiger partial charge is 0.506 e. The summed E-state index contributed by atoms with van der Waals surface area (Å²) < 4.78 is 5.84. The number of benzene rings is 3. The standard InChI is InChI=1S/C22H16O4/c1-12-8-9-15-16(10-12)26-17-11-13(2)18(22(25)19(17)21(15)24)20(23)14-6-4-3-5-7-14/h3-11,25H,1-2H3. The van der Waals surface area contributed by atoms with Crippen LogP contribution < -0.4 is 5.43 Å². The molecular weight excluding hydrogens is 328 g/mol. The van der Waals surface area contributed by atoms with Gasteiger partial charge in [0.1, 0.15) is 22.3 Å². The zero-order valence-corrected chi connectivity index (χ0v) is 14.4. The second-order valence-corrected chi connectivity index (χ2v) is 6.42. The fraction of sp³-hybridized carbons (Fsp3) is 0.0909. The third-order valence-corrected chi connectivity index (χ3v) is 4.55. The summed E-state index contributed by atoms with van der Waals surface area (Å²) in [6.07, 6.45) is 0. The lowest BCUT2D eigenvalue weighted by molar-refractivity contribution is 0.103. The van der Waals surface area contributed by atoms with Gasteiger partial charge in [0.05, 0.1) is 10.9 Å². The van der Waals surface area contributed by atoms with Crippen LogP contribution in [0, 0.1) is 13.8 Å². The maximum absolute atomic E-state index is 12.9. The molecule has 0 fully saturated rings. The first-order valence-electron chi connectivity index (χ1n) is 8.27. The lowest BCUT2D eigenvalue weighted by atomic mass is 9.95. The Morgan fingerprint density at radius 2 is 1.69 bits per heavy atom. The van der Waals surface area contributed by atoms with Gasteiger partial charge in [-0.1, -0.05) is 36.4 Å². The number of aromatic hydroxyl groups is 1. The van der Waals surface area contributed by atoms with E-state index in [0.717, 1.165) is 5.56 Å². The van der Waals surface area contributed by atoms with Crippen LogP contribution in [0.5, 0.6) is 5.75 Å². The molecule has 3 aromatic carbocycles.